The van der Waals surface area contributed by atoms with Crippen LogP contribution in [0.5, 0.6) is 0 Å². The highest BCUT2D eigenvalue weighted by molar-refractivity contribution is 9.10. The van der Waals surface area contributed by atoms with E-state index < -0.39 is 0 Å². The molecule has 3 N–H and O–H groups in total. The summed E-state index contributed by atoms with van der Waals surface area (Å²) in [5.41, 5.74) is 8.92. The summed E-state index contributed by atoms with van der Waals surface area (Å²) in [6, 6.07) is 10.4. The van der Waals surface area contributed by atoms with E-state index in [1.807, 2.05) is 6.07 Å². The Hall–Kier alpha value is -1.55. The monoisotopic (exact) mass is 305 g/mol. The third-order valence-electron chi connectivity index (χ3n) is 2.65. The molecule has 0 bridgehead atoms. The highest BCUT2D eigenvalue weighted by Crippen LogP contribution is 2.21. The molecule has 0 aliphatic carbocycles. The second kappa shape index (κ2) is 5.87. The summed E-state index contributed by atoms with van der Waals surface area (Å²) in [6.45, 7) is 2.95. The SMILES string of the molecule is Cc1cccc(CCNc2ncc(N)cc2Br)c1. The van der Waals surface area contributed by atoms with Crippen molar-refractivity contribution in [1.82, 2.24) is 4.98 Å². The van der Waals surface area contributed by atoms with Crippen LogP contribution >= 0.6 is 15.9 Å². The Morgan fingerprint density at radius 1 is 1.33 bits per heavy atom. The first-order valence-corrected chi connectivity index (χ1v) is 6.65. The van der Waals surface area contributed by atoms with Crippen LogP contribution in [-0.4, -0.2) is 11.5 Å². The number of hydrogen-bond acceptors (Lipinski definition) is 3. The third kappa shape index (κ3) is 3.47. The second-order valence-electron chi connectivity index (χ2n) is 4.26. The van der Waals surface area contributed by atoms with Gasteiger partial charge >= 0.3 is 0 Å². The van der Waals surface area contributed by atoms with Gasteiger partial charge in [0.15, 0.2) is 0 Å². The van der Waals surface area contributed by atoms with E-state index >= 15 is 0 Å². The minimum absolute atomic E-state index is 0.658. The van der Waals surface area contributed by atoms with Crippen molar-refractivity contribution < 1.29 is 0 Å². The zero-order valence-electron chi connectivity index (χ0n) is 10.3. The Morgan fingerprint density at radius 3 is 2.89 bits per heavy atom. The predicted octanol–water partition coefficient (Wildman–Crippen LogP) is 3.39. The summed E-state index contributed by atoms with van der Waals surface area (Å²) < 4.78 is 0.895. The van der Waals surface area contributed by atoms with Crippen molar-refractivity contribution >= 4 is 27.4 Å². The molecule has 0 atom stereocenters. The van der Waals surface area contributed by atoms with Crippen molar-refractivity contribution in [3.8, 4) is 0 Å². The molecule has 4 heteroatoms. The number of hydrogen-bond donors (Lipinski definition) is 2. The van der Waals surface area contributed by atoms with Gasteiger partial charge in [0.25, 0.3) is 0 Å². The van der Waals surface area contributed by atoms with Gasteiger partial charge in [0, 0.05) is 6.54 Å². The maximum absolute atomic E-state index is 5.64. The van der Waals surface area contributed by atoms with E-state index in [1.54, 1.807) is 6.20 Å². The maximum atomic E-state index is 5.64. The average Bonchev–Trinajstić information content (AvgIpc) is 2.32. The van der Waals surface area contributed by atoms with Crippen molar-refractivity contribution in [2.45, 2.75) is 13.3 Å². The molecule has 0 fully saturated rings. The highest BCUT2D eigenvalue weighted by atomic mass is 79.9. The van der Waals surface area contributed by atoms with Crippen molar-refractivity contribution in [2.75, 3.05) is 17.6 Å². The van der Waals surface area contributed by atoms with E-state index in [0.29, 0.717) is 5.69 Å². The number of nitrogens with zero attached hydrogens (tertiary/aromatic N) is 1. The van der Waals surface area contributed by atoms with Gasteiger partial charge in [0.05, 0.1) is 16.4 Å². The topological polar surface area (TPSA) is 50.9 Å². The molecule has 2 aromatic rings. The van der Waals surface area contributed by atoms with Gasteiger partial charge in [-0.25, -0.2) is 4.98 Å². The summed E-state index contributed by atoms with van der Waals surface area (Å²) >= 11 is 3.44. The quantitative estimate of drug-likeness (QED) is 0.910. The number of aryl methyl sites for hydroxylation is 1. The van der Waals surface area contributed by atoms with Crippen LogP contribution in [0.25, 0.3) is 0 Å². The van der Waals surface area contributed by atoms with Gasteiger partial charge < -0.3 is 11.1 Å². The lowest BCUT2D eigenvalue weighted by molar-refractivity contribution is 1.00. The lowest BCUT2D eigenvalue weighted by Gasteiger charge is -2.08. The molecule has 0 aliphatic rings. The van der Waals surface area contributed by atoms with E-state index in [2.05, 4.69) is 57.4 Å². The number of nitrogens with one attached hydrogen (secondary N) is 1. The molecule has 18 heavy (non-hydrogen) atoms. The Labute approximate surface area is 116 Å². The van der Waals surface area contributed by atoms with E-state index in [4.69, 9.17) is 5.73 Å². The first kappa shape index (κ1) is 12.9. The molecular weight excluding hydrogens is 290 g/mol. The zero-order chi connectivity index (χ0) is 13.0. The normalized spacial score (nSPS) is 10.3. The number of pyridine rings is 1. The Morgan fingerprint density at radius 2 is 2.17 bits per heavy atom. The molecule has 0 radical (unpaired) electrons. The molecule has 0 amide bonds. The average molecular weight is 306 g/mol. The molecule has 3 nitrogen and oxygen atoms in total. The second-order valence-corrected chi connectivity index (χ2v) is 5.12. The number of nitrogen functional groups attached to an aromatic ring is 1. The summed E-state index contributed by atoms with van der Waals surface area (Å²) in [4.78, 5) is 4.24. The summed E-state index contributed by atoms with van der Waals surface area (Å²) in [7, 11) is 0. The van der Waals surface area contributed by atoms with Crippen LogP contribution in [0.15, 0.2) is 41.0 Å². The van der Waals surface area contributed by atoms with Crippen LogP contribution in [0.3, 0.4) is 0 Å². The molecule has 0 spiro atoms. The van der Waals surface area contributed by atoms with Gasteiger partial charge in [-0.15, -0.1) is 0 Å². The van der Waals surface area contributed by atoms with Gasteiger partial charge in [-0.05, 0) is 40.9 Å². The largest absolute Gasteiger partial charge is 0.397 e. The van der Waals surface area contributed by atoms with Gasteiger partial charge in [-0.3, -0.25) is 0 Å². The molecule has 0 unspecified atom stereocenters. The summed E-state index contributed by atoms with van der Waals surface area (Å²) in [6.07, 6.45) is 2.62. The molecule has 1 heterocycles. The first-order chi connectivity index (χ1) is 8.65. The smallest absolute Gasteiger partial charge is 0.140 e. The van der Waals surface area contributed by atoms with E-state index in [9.17, 15) is 0 Å². The summed E-state index contributed by atoms with van der Waals surface area (Å²) in [5, 5.41) is 3.29. The Balaban J connectivity index is 1.92. The van der Waals surface area contributed by atoms with Crippen molar-refractivity contribution in [3.63, 3.8) is 0 Å². The van der Waals surface area contributed by atoms with Crippen molar-refractivity contribution in [2.24, 2.45) is 0 Å². The lowest BCUT2D eigenvalue weighted by Crippen LogP contribution is -2.07. The van der Waals surface area contributed by atoms with Crippen LogP contribution in [0.4, 0.5) is 11.5 Å². The molecule has 0 aliphatic heterocycles. The van der Waals surface area contributed by atoms with Crippen LogP contribution in [0.2, 0.25) is 0 Å². The van der Waals surface area contributed by atoms with Gasteiger partial charge in [-0.1, -0.05) is 29.8 Å². The van der Waals surface area contributed by atoms with Crippen LogP contribution in [-0.2, 0) is 6.42 Å². The third-order valence-corrected chi connectivity index (χ3v) is 3.26. The first-order valence-electron chi connectivity index (χ1n) is 5.85. The number of aromatic nitrogens is 1. The molecule has 2 rings (SSSR count). The number of rotatable bonds is 4. The van der Waals surface area contributed by atoms with Crippen LogP contribution < -0.4 is 11.1 Å². The van der Waals surface area contributed by atoms with E-state index in [1.165, 1.54) is 11.1 Å². The standard InChI is InChI=1S/C14H16BrN3/c1-10-3-2-4-11(7-10)5-6-17-14-13(15)8-12(16)9-18-14/h2-4,7-9H,5-6,16H2,1H3,(H,17,18). The molecule has 1 aromatic heterocycles. The molecule has 0 saturated carbocycles. The fourth-order valence-electron chi connectivity index (χ4n) is 1.78. The predicted molar refractivity (Wildman–Crippen MR) is 79.7 cm³/mol. The molecule has 1 aromatic carbocycles. The minimum atomic E-state index is 0.658. The maximum Gasteiger partial charge on any atom is 0.140 e. The molecule has 94 valence electrons. The van der Waals surface area contributed by atoms with Crippen molar-refractivity contribution in [1.29, 1.82) is 0 Å². The molecule has 0 saturated heterocycles. The van der Waals surface area contributed by atoms with Crippen LogP contribution in [0, 0.1) is 6.92 Å². The number of benzene rings is 1. The summed E-state index contributed by atoms with van der Waals surface area (Å²) in [5.74, 6) is 0.830. The fourth-order valence-corrected chi connectivity index (χ4v) is 2.28. The molecular formula is C14H16BrN3. The van der Waals surface area contributed by atoms with Crippen LogP contribution in [0.1, 0.15) is 11.1 Å². The van der Waals surface area contributed by atoms with Gasteiger partial charge in [0.2, 0.25) is 0 Å². The lowest BCUT2D eigenvalue weighted by atomic mass is 10.1. The van der Waals surface area contributed by atoms with Gasteiger partial charge in [0.1, 0.15) is 5.82 Å². The highest BCUT2D eigenvalue weighted by Gasteiger charge is 2.01. The van der Waals surface area contributed by atoms with E-state index in [0.717, 1.165) is 23.3 Å². The van der Waals surface area contributed by atoms with Crippen molar-refractivity contribution in [3.05, 3.63) is 52.1 Å². The van der Waals surface area contributed by atoms with E-state index in [-0.39, 0.29) is 0 Å². The zero-order valence-corrected chi connectivity index (χ0v) is 11.9. The fraction of sp³-hybridized carbons (Fsp3) is 0.214. The number of nitrogens with two attached hydrogens (primary N) is 1. The minimum Gasteiger partial charge on any atom is -0.397 e. The number of halogens is 1. The number of anilines is 2. The Kier molecular flexibility index (Phi) is 4.20. The Bertz CT molecular complexity index is 540. The van der Waals surface area contributed by atoms with Gasteiger partial charge in [-0.2, -0.15) is 0 Å².